The van der Waals surface area contributed by atoms with Gasteiger partial charge in [-0.05, 0) is 44.4 Å². The molecule has 0 heterocycles. The summed E-state index contributed by atoms with van der Waals surface area (Å²) in [6, 6.07) is 0. The summed E-state index contributed by atoms with van der Waals surface area (Å²) in [5.41, 5.74) is 0. The molecule has 0 saturated carbocycles. The van der Waals surface area contributed by atoms with Crippen molar-refractivity contribution in [1.82, 2.24) is 0 Å². The Morgan fingerprint density at radius 1 is 0.636 bits per heavy atom. The van der Waals surface area contributed by atoms with Crippen molar-refractivity contribution in [2.24, 2.45) is 5.92 Å². The molecule has 0 radical (unpaired) electrons. The predicted octanol–water partition coefficient (Wildman–Crippen LogP) is 7.63. The Morgan fingerprint density at radius 2 is 1.16 bits per heavy atom. The molecule has 0 aromatic heterocycles. The fraction of sp³-hybridized carbons (Fsp3) is 0.622. The second kappa shape index (κ2) is 30.3. The van der Waals surface area contributed by atoms with Crippen LogP contribution in [0.3, 0.4) is 0 Å². The average molecular weight is 617 g/mol. The molecule has 0 aliphatic heterocycles. The molecule has 0 amide bonds. The largest absolute Gasteiger partial charge is 0.463 e. The molecule has 0 bridgehead atoms. The van der Waals surface area contributed by atoms with E-state index >= 15 is 0 Å². The minimum absolute atomic E-state index is 0.172. The average Bonchev–Trinajstić information content (AvgIpc) is 2.99. The number of esters is 2. The van der Waals surface area contributed by atoms with Crippen LogP contribution in [0.1, 0.15) is 111 Å². The fourth-order valence-electron chi connectivity index (χ4n) is 4.00. The highest BCUT2D eigenvalue weighted by atomic mass is 16.6. The van der Waals surface area contributed by atoms with Crippen molar-refractivity contribution in [1.29, 1.82) is 0 Å². The van der Waals surface area contributed by atoms with Gasteiger partial charge in [-0.15, -0.1) is 0 Å². The smallest absolute Gasteiger partial charge is 0.306 e. The molecule has 0 rings (SSSR count). The Kier molecular flexibility index (Phi) is 28.4. The van der Waals surface area contributed by atoms with Crippen molar-refractivity contribution >= 4 is 11.9 Å². The molecular weight excluding hydrogens is 556 g/mol. The van der Waals surface area contributed by atoms with Gasteiger partial charge in [-0.2, -0.15) is 0 Å². The van der Waals surface area contributed by atoms with Crippen LogP contribution < -0.4 is 0 Å². The third-order valence-electron chi connectivity index (χ3n) is 6.56. The van der Waals surface area contributed by atoms with Crippen molar-refractivity contribution < 1.29 is 34.4 Å². The number of hydrogen-bond donors (Lipinski definition) is 3. The molecule has 0 aromatic carbocycles. The maximum atomic E-state index is 11.9. The fourth-order valence-corrected chi connectivity index (χ4v) is 4.00. The molecule has 0 aliphatic rings. The van der Waals surface area contributed by atoms with E-state index in [1.165, 1.54) is 25.7 Å². The number of hydrogen-bond acceptors (Lipinski definition) is 7. The summed E-state index contributed by atoms with van der Waals surface area (Å²) >= 11 is 0. The van der Waals surface area contributed by atoms with Crippen molar-refractivity contribution in [2.45, 2.75) is 129 Å². The first-order chi connectivity index (χ1) is 21.2. The third-order valence-corrected chi connectivity index (χ3v) is 6.56. The Morgan fingerprint density at radius 3 is 1.75 bits per heavy atom. The molecule has 7 nitrogen and oxygen atoms in total. The van der Waals surface area contributed by atoms with E-state index in [1.54, 1.807) is 30.4 Å². The monoisotopic (exact) mass is 616 g/mol. The van der Waals surface area contributed by atoms with Gasteiger partial charge in [0.2, 0.25) is 0 Å². The molecule has 250 valence electrons. The van der Waals surface area contributed by atoms with Crippen LogP contribution in [0.5, 0.6) is 0 Å². The SMILES string of the molecule is CC/C=C\C[C@@H](O)/C=C/C=C\C=C\[C@@H](O)C/C=C\C/C=C\CCC(=O)OC[C@@H](O)COC(=O)CCCCCCCCC(C)C. The van der Waals surface area contributed by atoms with E-state index in [0.717, 1.165) is 31.6 Å². The number of carbonyl (C=O) groups excluding carboxylic acids is 2. The summed E-state index contributed by atoms with van der Waals surface area (Å²) < 4.78 is 10.2. The summed E-state index contributed by atoms with van der Waals surface area (Å²) in [4.78, 5) is 23.7. The van der Waals surface area contributed by atoms with E-state index in [0.29, 0.717) is 32.1 Å². The second-order valence-electron chi connectivity index (χ2n) is 11.4. The topological polar surface area (TPSA) is 113 Å². The van der Waals surface area contributed by atoms with Gasteiger partial charge in [0.25, 0.3) is 0 Å². The zero-order valence-corrected chi connectivity index (χ0v) is 27.5. The Balaban J connectivity index is 3.81. The van der Waals surface area contributed by atoms with Crippen LogP contribution in [-0.4, -0.2) is 58.8 Å². The third kappa shape index (κ3) is 30.7. The van der Waals surface area contributed by atoms with Gasteiger partial charge in [-0.1, -0.05) is 132 Å². The number of rotatable bonds is 27. The zero-order chi connectivity index (χ0) is 32.7. The lowest BCUT2D eigenvalue weighted by Gasteiger charge is -2.12. The van der Waals surface area contributed by atoms with Gasteiger partial charge in [0.15, 0.2) is 0 Å². The van der Waals surface area contributed by atoms with E-state index in [2.05, 4.69) is 20.8 Å². The van der Waals surface area contributed by atoms with Crippen molar-refractivity contribution in [3.05, 3.63) is 72.9 Å². The number of aliphatic hydroxyl groups excluding tert-OH is 3. The van der Waals surface area contributed by atoms with Crippen LogP contribution in [0, 0.1) is 5.92 Å². The van der Waals surface area contributed by atoms with E-state index in [1.807, 2.05) is 42.5 Å². The Bertz CT molecular complexity index is 882. The van der Waals surface area contributed by atoms with Gasteiger partial charge in [0.05, 0.1) is 12.2 Å². The van der Waals surface area contributed by atoms with Crippen molar-refractivity contribution in [3.63, 3.8) is 0 Å². The van der Waals surface area contributed by atoms with Crippen LogP contribution in [0.15, 0.2) is 72.9 Å². The van der Waals surface area contributed by atoms with Gasteiger partial charge in [-0.25, -0.2) is 0 Å². The van der Waals surface area contributed by atoms with Gasteiger partial charge in [-0.3, -0.25) is 9.59 Å². The standard InChI is InChI=1S/C37H60O7/c1-4-5-16-24-33(38)26-19-14-15-20-27-34(39)25-18-11-7-9-13-22-29-37(42)44-31-35(40)30-43-36(41)28-21-12-8-6-10-17-23-32(2)3/h5,9,11,13-16,18-20,26-27,32-35,38-40H,4,6-8,10,12,17,21-25,28-31H2,1-3H3/b13-9-,15-14-,16-5-,18-11-,26-19+,27-20+/t33-,34+,35+/m1/s1. The van der Waals surface area contributed by atoms with Crippen LogP contribution >= 0.6 is 0 Å². The molecule has 3 atom stereocenters. The quantitative estimate of drug-likeness (QED) is 0.0376. The van der Waals surface area contributed by atoms with Crippen LogP contribution in [0.2, 0.25) is 0 Å². The van der Waals surface area contributed by atoms with Crippen LogP contribution in [-0.2, 0) is 19.1 Å². The molecule has 7 heteroatoms. The number of carbonyl (C=O) groups is 2. The molecule has 0 aromatic rings. The van der Waals surface area contributed by atoms with Crippen molar-refractivity contribution in [2.75, 3.05) is 13.2 Å². The zero-order valence-electron chi connectivity index (χ0n) is 27.5. The van der Waals surface area contributed by atoms with Gasteiger partial charge in [0, 0.05) is 12.8 Å². The Hall–Kier alpha value is -2.74. The first-order valence-corrected chi connectivity index (χ1v) is 16.6. The van der Waals surface area contributed by atoms with Crippen LogP contribution in [0.4, 0.5) is 0 Å². The van der Waals surface area contributed by atoms with Gasteiger partial charge >= 0.3 is 11.9 Å². The van der Waals surface area contributed by atoms with Gasteiger partial charge in [0.1, 0.15) is 19.3 Å². The Labute approximate surface area is 267 Å². The van der Waals surface area contributed by atoms with E-state index in [9.17, 15) is 24.9 Å². The van der Waals surface area contributed by atoms with Gasteiger partial charge < -0.3 is 24.8 Å². The molecule has 0 unspecified atom stereocenters. The molecule has 0 spiro atoms. The maximum absolute atomic E-state index is 11.9. The second-order valence-corrected chi connectivity index (χ2v) is 11.4. The van der Waals surface area contributed by atoms with Crippen LogP contribution in [0.25, 0.3) is 0 Å². The highest BCUT2D eigenvalue weighted by Gasteiger charge is 2.11. The summed E-state index contributed by atoms with van der Waals surface area (Å²) in [5.74, 6) is 0.0175. The number of aliphatic hydroxyl groups is 3. The lowest BCUT2D eigenvalue weighted by molar-refractivity contribution is -0.152. The minimum atomic E-state index is -1.03. The molecule has 44 heavy (non-hydrogen) atoms. The molecule has 3 N–H and O–H groups in total. The van der Waals surface area contributed by atoms with E-state index in [-0.39, 0.29) is 25.6 Å². The lowest BCUT2D eigenvalue weighted by atomic mass is 10.0. The number of unbranched alkanes of at least 4 members (excludes halogenated alkanes) is 5. The highest BCUT2D eigenvalue weighted by molar-refractivity contribution is 5.70. The molecular formula is C37H60O7. The van der Waals surface area contributed by atoms with E-state index in [4.69, 9.17) is 9.47 Å². The summed E-state index contributed by atoms with van der Waals surface area (Å²) in [5, 5.41) is 29.7. The number of allylic oxidation sites excluding steroid dienone is 8. The normalized spacial score (nSPS) is 14.7. The lowest BCUT2D eigenvalue weighted by Crippen LogP contribution is -2.25. The molecule has 0 aliphatic carbocycles. The summed E-state index contributed by atoms with van der Waals surface area (Å²) in [6.45, 7) is 6.17. The summed E-state index contributed by atoms with van der Waals surface area (Å²) in [7, 11) is 0. The summed E-state index contributed by atoms with van der Waals surface area (Å²) in [6.07, 6.45) is 31.9. The minimum Gasteiger partial charge on any atom is -0.463 e. The molecule has 0 fully saturated rings. The highest BCUT2D eigenvalue weighted by Crippen LogP contribution is 2.12. The maximum Gasteiger partial charge on any atom is 0.306 e. The number of ether oxygens (including phenoxy) is 2. The first-order valence-electron chi connectivity index (χ1n) is 16.6. The molecule has 0 saturated heterocycles. The van der Waals surface area contributed by atoms with E-state index < -0.39 is 24.3 Å². The predicted molar refractivity (Wildman–Crippen MR) is 180 cm³/mol. The first kappa shape index (κ1) is 41.3. The van der Waals surface area contributed by atoms with Crippen molar-refractivity contribution in [3.8, 4) is 0 Å².